The lowest BCUT2D eigenvalue weighted by Gasteiger charge is -2.20. The lowest BCUT2D eigenvalue weighted by Crippen LogP contribution is -2.34. The van der Waals surface area contributed by atoms with Crippen LogP contribution in [0.15, 0.2) is 72.9 Å². The first-order chi connectivity index (χ1) is 27.5. The van der Waals surface area contributed by atoms with E-state index < -0.39 is 57.2 Å². The molecule has 0 aliphatic rings. The number of nitrogens with two attached hydrogens (primary N) is 1. The number of carboxylic acids is 1. The third-order valence-corrected chi connectivity index (χ3v) is 9.55. The van der Waals surface area contributed by atoms with Crippen LogP contribution in [0.1, 0.15) is 149 Å². The summed E-state index contributed by atoms with van der Waals surface area (Å²) in [7, 11) is -4.74. The molecule has 0 saturated carbocycles. The van der Waals surface area contributed by atoms with Crippen LogP contribution >= 0.6 is 7.82 Å². The standard InChI is InChI=1S/C44H74NO11P/c1-3-5-6-7-8-9-10-11-12-16-19-22-25-28-31-34-42(47)53-36-40(37-54-57(51,52)55-38-41(45)44(49)50)56-43(48)35-32-29-26-23-20-17-14-13-15-18-21-24-27-30-33-39(46)4-2/h9-10,14-15,17-18,23-24,26-27,30,33,39-41,46H,3-8,11-13,16,19-22,25,28-29,31-32,34-38,45H2,1-2H3,(H,49,50)(H,51,52)/b10-9-,17-14-,18-15-,26-23-,27-24-,33-30+/t39-,40-,41+/m1/s1. The van der Waals surface area contributed by atoms with Crippen LogP contribution in [0.4, 0.5) is 0 Å². The van der Waals surface area contributed by atoms with Crippen molar-refractivity contribution in [2.75, 3.05) is 19.8 Å². The monoisotopic (exact) mass is 823 g/mol. The van der Waals surface area contributed by atoms with Crippen LogP contribution in [-0.4, -0.2) is 71.1 Å². The molecule has 0 fully saturated rings. The zero-order valence-corrected chi connectivity index (χ0v) is 35.7. The fourth-order valence-corrected chi connectivity index (χ4v) is 5.88. The van der Waals surface area contributed by atoms with Gasteiger partial charge in [-0.05, 0) is 70.6 Å². The second-order valence-corrected chi connectivity index (χ2v) is 15.4. The highest BCUT2D eigenvalue weighted by Crippen LogP contribution is 2.43. The normalized spacial score (nSPS) is 15.0. The number of aliphatic hydroxyl groups excluding tert-OH is 1. The minimum atomic E-state index is -4.74. The Hall–Kier alpha value is -3.12. The summed E-state index contributed by atoms with van der Waals surface area (Å²) in [5.41, 5.74) is 5.32. The Labute approximate surface area is 343 Å². The molecule has 0 saturated heterocycles. The number of aliphatic hydroxyl groups is 1. The fraction of sp³-hybridized carbons (Fsp3) is 0.659. The summed E-state index contributed by atoms with van der Waals surface area (Å²) in [6, 6.07) is -1.54. The molecule has 12 nitrogen and oxygen atoms in total. The molecule has 57 heavy (non-hydrogen) atoms. The van der Waals surface area contributed by atoms with Gasteiger partial charge in [0.05, 0.1) is 19.3 Å². The number of hydrogen-bond donors (Lipinski definition) is 4. The lowest BCUT2D eigenvalue weighted by atomic mass is 10.1. The molecule has 0 aromatic rings. The van der Waals surface area contributed by atoms with Crippen molar-refractivity contribution in [3.63, 3.8) is 0 Å². The summed E-state index contributed by atoms with van der Waals surface area (Å²) >= 11 is 0. The molecule has 0 aromatic heterocycles. The van der Waals surface area contributed by atoms with Gasteiger partial charge in [-0.25, -0.2) is 4.57 Å². The van der Waals surface area contributed by atoms with Gasteiger partial charge < -0.3 is 30.3 Å². The average Bonchev–Trinajstić information content (AvgIpc) is 3.19. The van der Waals surface area contributed by atoms with Crippen molar-refractivity contribution in [2.45, 2.75) is 167 Å². The highest BCUT2D eigenvalue weighted by Gasteiger charge is 2.28. The Balaban J connectivity index is 4.52. The van der Waals surface area contributed by atoms with Gasteiger partial charge in [-0.15, -0.1) is 0 Å². The van der Waals surface area contributed by atoms with E-state index in [4.69, 9.17) is 24.8 Å². The summed E-state index contributed by atoms with van der Waals surface area (Å²) in [4.78, 5) is 45.9. The number of hydrogen-bond acceptors (Lipinski definition) is 10. The highest BCUT2D eigenvalue weighted by molar-refractivity contribution is 7.47. The summed E-state index contributed by atoms with van der Waals surface area (Å²) < 4.78 is 32.6. The van der Waals surface area contributed by atoms with Crippen LogP contribution in [0.25, 0.3) is 0 Å². The van der Waals surface area contributed by atoms with Gasteiger partial charge in [-0.2, -0.15) is 0 Å². The van der Waals surface area contributed by atoms with E-state index in [1.807, 2.05) is 37.3 Å². The number of phosphoric acid groups is 1. The first kappa shape index (κ1) is 53.9. The summed E-state index contributed by atoms with van der Waals surface area (Å²) in [5, 5.41) is 18.3. The summed E-state index contributed by atoms with van der Waals surface area (Å²) in [5.74, 6) is -2.49. The van der Waals surface area contributed by atoms with Gasteiger partial charge in [0.2, 0.25) is 0 Å². The Morgan fingerprint density at radius 3 is 1.75 bits per heavy atom. The quantitative estimate of drug-likeness (QED) is 0.0152. The Morgan fingerprint density at radius 2 is 1.14 bits per heavy atom. The van der Waals surface area contributed by atoms with E-state index >= 15 is 0 Å². The maximum absolute atomic E-state index is 12.6. The van der Waals surface area contributed by atoms with Gasteiger partial charge >= 0.3 is 25.7 Å². The van der Waals surface area contributed by atoms with E-state index in [9.17, 15) is 28.9 Å². The van der Waals surface area contributed by atoms with E-state index in [1.165, 1.54) is 51.4 Å². The lowest BCUT2D eigenvalue weighted by molar-refractivity contribution is -0.161. The Bertz CT molecular complexity index is 1260. The highest BCUT2D eigenvalue weighted by atomic mass is 31.2. The molecule has 0 amide bonds. The van der Waals surface area contributed by atoms with Crippen LogP contribution in [0.2, 0.25) is 0 Å². The van der Waals surface area contributed by atoms with Crippen LogP contribution < -0.4 is 5.73 Å². The predicted octanol–water partition coefficient (Wildman–Crippen LogP) is 9.92. The number of carbonyl (C=O) groups excluding carboxylic acids is 2. The fourth-order valence-electron chi connectivity index (χ4n) is 5.10. The molecule has 0 aromatic carbocycles. The second-order valence-electron chi connectivity index (χ2n) is 13.9. The minimum absolute atomic E-state index is 0.0649. The maximum Gasteiger partial charge on any atom is 0.472 e. The number of rotatable bonds is 38. The number of esters is 2. The molecule has 0 aliphatic carbocycles. The van der Waals surface area contributed by atoms with Gasteiger partial charge in [0.25, 0.3) is 0 Å². The molecule has 13 heteroatoms. The van der Waals surface area contributed by atoms with Gasteiger partial charge in [0.15, 0.2) is 6.10 Å². The van der Waals surface area contributed by atoms with Crippen molar-refractivity contribution >= 4 is 25.7 Å². The molecule has 0 aliphatic heterocycles. The Kier molecular flexibility index (Phi) is 36.3. The van der Waals surface area contributed by atoms with Gasteiger partial charge in [-0.1, -0.05) is 138 Å². The number of ether oxygens (including phenoxy) is 2. The summed E-state index contributed by atoms with van der Waals surface area (Å²) in [6.45, 7) is 2.37. The van der Waals surface area contributed by atoms with Gasteiger partial charge in [0.1, 0.15) is 12.6 Å². The van der Waals surface area contributed by atoms with Crippen molar-refractivity contribution in [1.82, 2.24) is 0 Å². The molecule has 4 atom stereocenters. The smallest absolute Gasteiger partial charge is 0.472 e. The van der Waals surface area contributed by atoms with Crippen LogP contribution in [0, 0.1) is 0 Å². The van der Waals surface area contributed by atoms with Crippen LogP contribution in [-0.2, 0) is 37.5 Å². The molecular weight excluding hydrogens is 749 g/mol. The molecule has 0 rings (SSSR count). The van der Waals surface area contributed by atoms with E-state index in [0.29, 0.717) is 25.7 Å². The van der Waals surface area contributed by atoms with Gasteiger partial charge in [-0.3, -0.25) is 23.4 Å². The minimum Gasteiger partial charge on any atom is -0.480 e. The third-order valence-electron chi connectivity index (χ3n) is 8.60. The van der Waals surface area contributed by atoms with Crippen molar-refractivity contribution in [3.8, 4) is 0 Å². The van der Waals surface area contributed by atoms with E-state index in [2.05, 4.69) is 47.9 Å². The number of unbranched alkanes of at least 4 members (excludes halogenated alkanes) is 12. The molecule has 5 N–H and O–H groups in total. The first-order valence-corrected chi connectivity index (χ1v) is 22.6. The number of allylic oxidation sites excluding steroid dienone is 11. The largest absolute Gasteiger partial charge is 0.480 e. The SMILES string of the molecule is CCCCCC/C=C\CCCCCCCCCC(=O)OC[C@H](COP(=O)(O)OC[C@H](N)C(=O)O)OC(=O)CCC/C=C\C/C=C\C/C=C\C/C=C\C=C\[C@H](O)CC. The van der Waals surface area contributed by atoms with E-state index in [0.717, 1.165) is 44.9 Å². The van der Waals surface area contributed by atoms with Crippen LogP contribution in [0.5, 0.6) is 0 Å². The van der Waals surface area contributed by atoms with Crippen molar-refractivity contribution < 1.29 is 52.6 Å². The molecule has 0 spiro atoms. The molecule has 0 heterocycles. The van der Waals surface area contributed by atoms with E-state index in [-0.39, 0.29) is 19.4 Å². The maximum atomic E-state index is 12.6. The van der Waals surface area contributed by atoms with Crippen molar-refractivity contribution in [1.29, 1.82) is 0 Å². The third kappa shape index (κ3) is 38.2. The van der Waals surface area contributed by atoms with E-state index in [1.54, 1.807) is 6.08 Å². The average molecular weight is 824 g/mol. The molecular formula is C44H74NO11P. The summed E-state index contributed by atoms with van der Waals surface area (Å²) in [6.07, 6.45) is 42.1. The topological polar surface area (TPSA) is 192 Å². The molecule has 1 unspecified atom stereocenters. The zero-order chi connectivity index (χ0) is 42.2. The van der Waals surface area contributed by atoms with Gasteiger partial charge in [0, 0.05) is 12.8 Å². The van der Waals surface area contributed by atoms with Crippen LogP contribution in [0.3, 0.4) is 0 Å². The first-order valence-electron chi connectivity index (χ1n) is 21.1. The van der Waals surface area contributed by atoms with Crippen molar-refractivity contribution in [2.24, 2.45) is 5.73 Å². The zero-order valence-electron chi connectivity index (χ0n) is 34.8. The predicted molar refractivity (Wildman–Crippen MR) is 227 cm³/mol. The number of aliphatic carboxylic acids is 1. The molecule has 0 bridgehead atoms. The van der Waals surface area contributed by atoms with Crippen molar-refractivity contribution in [3.05, 3.63) is 72.9 Å². The number of carboxylic acid groups (broad SMARTS) is 1. The molecule has 326 valence electrons. The second kappa shape index (κ2) is 38.4. The number of phosphoric ester groups is 1. The Morgan fingerprint density at radius 1 is 0.632 bits per heavy atom. The molecule has 0 radical (unpaired) electrons. The number of carbonyl (C=O) groups is 3.